The minimum atomic E-state index is -0.394. The predicted molar refractivity (Wildman–Crippen MR) is 139 cm³/mol. The molecule has 0 unspecified atom stereocenters. The van der Waals surface area contributed by atoms with Gasteiger partial charge in [0.05, 0.1) is 29.5 Å². The van der Waals surface area contributed by atoms with Crippen LogP contribution < -0.4 is 15.4 Å². The maximum atomic E-state index is 12.9. The number of halogens is 2. The molecule has 1 aromatic heterocycles. The number of amides is 2. The third-order valence-corrected chi connectivity index (χ3v) is 6.64. The predicted octanol–water partition coefficient (Wildman–Crippen LogP) is 5.38. The molecule has 0 saturated carbocycles. The van der Waals surface area contributed by atoms with E-state index in [4.69, 9.17) is 27.9 Å². The van der Waals surface area contributed by atoms with Crippen molar-refractivity contribution >= 4 is 52.5 Å². The van der Waals surface area contributed by atoms with Crippen LogP contribution in [0, 0.1) is 5.92 Å². The summed E-state index contributed by atoms with van der Waals surface area (Å²) in [5.41, 5.74) is 1.01. The number of carbonyl (C=O) groups is 2. The maximum Gasteiger partial charge on any atom is 0.253 e. The second kappa shape index (κ2) is 12.3. The van der Waals surface area contributed by atoms with Crippen molar-refractivity contribution in [1.29, 1.82) is 0 Å². The van der Waals surface area contributed by atoms with Crippen LogP contribution in [0.25, 0.3) is 0 Å². The summed E-state index contributed by atoms with van der Waals surface area (Å²) in [6.07, 6.45) is 0.644. The summed E-state index contributed by atoms with van der Waals surface area (Å²) in [6, 6.07) is 11.4. The van der Waals surface area contributed by atoms with Crippen LogP contribution in [0.5, 0.6) is 5.75 Å². The van der Waals surface area contributed by atoms with E-state index in [1.54, 1.807) is 48.1 Å². The molecular weight excluding hydrogens is 509 g/mol. The summed E-state index contributed by atoms with van der Waals surface area (Å²) in [7, 11) is 3.40. The zero-order chi connectivity index (χ0) is 25.5. The Balaban J connectivity index is 1.68. The fraction of sp³-hybridized carbons (Fsp3) is 0.333. The number of benzene rings is 2. The van der Waals surface area contributed by atoms with Gasteiger partial charge in [0.15, 0.2) is 11.0 Å². The molecular formula is C24H27Cl2N5O3S. The number of carbonyl (C=O) groups excluding carboxylic acids is 2. The van der Waals surface area contributed by atoms with Crippen molar-refractivity contribution in [3.63, 3.8) is 0 Å². The molecule has 11 heteroatoms. The lowest BCUT2D eigenvalue weighted by molar-refractivity contribution is -0.113. The number of nitrogens with one attached hydrogen (secondary N) is 2. The molecule has 2 amide bonds. The minimum absolute atomic E-state index is 0.152. The van der Waals surface area contributed by atoms with Crippen LogP contribution in [0.4, 0.5) is 5.69 Å². The quantitative estimate of drug-likeness (QED) is 0.338. The van der Waals surface area contributed by atoms with Crippen molar-refractivity contribution < 1.29 is 14.3 Å². The second-order valence-electron chi connectivity index (χ2n) is 8.24. The Morgan fingerprint density at radius 2 is 1.83 bits per heavy atom. The lowest BCUT2D eigenvalue weighted by Gasteiger charge is -2.20. The van der Waals surface area contributed by atoms with E-state index in [-0.39, 0.29) is 28.5 Å². The summed E-state index contributed by atoms with van der Waals surface area (Å²) >= 11 is 13.4. The van der Waals surface area contributed by atoms with Crippen molar-refractivity contribution in [2.24, 2.45) is 13.0 Å². The molecule has 0 radical (unpaired) electrons. The first-order chi connectivity index (χ1) is 16.7. The number of nitrogens with zero attached hydrogens (tertiary/aromatic N) is 3. The molecule has 3 rings (SSSR count). The van der Waals surface area contributed by atoms with Crippen molar-refractivity contribution in [2.75, 3.05) is 18.2 Å². The van der Waals surface area contributed by atoms with Crippen LogP contribution in [0.2, 0.25) is 10.0 Å². The highest BCUT2D eigenvalue weighted by Crippen LogP contribution is 2.26. The summed E-state index contributed by atoms with van der Waals surface area (Å²) in [5.74, 6) is 1.24. The molecule has 1 atom stereocenters. The summed E-state index contributed by atoms with van der Waals surface area (Å²) in [4.78, 5) is 25.3. The third kappa shape index (κ3) is 7.37. The highest BCUT2D eigenvalue weighted by Gasteiger charge is 2.24. The summed E-state index contributed by atoms with van der Waals surface area (Å²) in [6.45, 7) is 4.12. The highest BCUT2D eigenvalue weighted by atomic mass is 35.5. The van der Waals surface area contributed by atoms with Gasteiger partial charge in [0.25, 0.3) is 5.91 Å². The van der Waals surface area contributed by atoms with Crippen LogP contribution in [0.15, 0.2) is 47.6 Å². The number of hydrogen-bond acceptors (Lipinski definition) is 6. The van der Waals surface area contributed by atoms with E-state index in [1.165, 1.54) is 17.8 Å². The van der Waals surface area contributed by atoms with Crippen molar-refractivity contribution in [3.05, 3.63) is 63.9 Å². The van der Waals surface area contributed by atoms with E-state index in [0.717, 1.165) is 0 Å². The number of aromatic nitrogens is 3. The summed E-state index contributed by atoms with van der Waals surface area (Å²) < 4.78 is 6.92. The van der Waals surface area contributed by atoms with Crippen LogP contribution >= 0.6 is 35.0 Å². The van der Waals surface area contributed by atoms with E-state index in [2.05, 4.69) is 34.7 Å². The molecule has 1 heterocycles. The molecule has 0 spiro atoms. The van der Waals surface area contributed by atoms with Crippen molar-refractivity contribution in [1.82, 2.24) is 20.1 Å². The second-order valence-corrected chi connectivity index (χ2v) is 10.0. The fourth-order valence-electron chi connectivity index (χ4n) is 3.37. The van der Waals surface area contributed by atoms with E-state index >= 15 is 0 Å². The largest absolute Gasteiger partial charge is 0.497 e. The number of ether oxygens (including phenoxy) is 1. The molecule has 2 N–H and O–H groups in total. The molecule has 0 aliphatic carbocycles. The Hall–Kier alpha value is -2.75. The van der Waals surface area contributed by atoms with Gasteiger partial charge < -0.3 is 19.9 Å². The van der Waals surface area contributed by atoms with Gasteiger partial charge in [-0.2, -0.15) is 0 Å². The zero-order valence-electron chi connectivity index (χ0n) is 19.8. The molecule has 0 saturated heterocycles. The monoisotopic (exact) mass is 535 g/mol. The normalized spacial score (nSPS) is 11.9. The first kappa shape index (κ1) is 26.8. The third-order valence-electron chi connectivity index (χ3n) is 5.07. The molecule has 35 heavy (non-hydrogen) atoms. The van der Waals surface area contributed by atoms with Crippen molar-refractivity contribution in [2.45, 2.75) is 31.5 Å². The number of methoxy groups -OCH3 is 1. The zero-order valence-corrected chi connectivity index (χ0v) is 22.2. The SMILES string of the molecule is COc1ccc(NC(=O)CSc2nnc([C@H](CC(C)C)NC(=O)c3ccc(Cl)cc3Cl)n2C)cc1. The van der Waals surface area contributed by atoms with Gasteiger partial charge in [-0.25, -0.2) is 0 Å². The lowest BCUT2D eigenvalue weighted by Crippen LogP contribution is -2.31. The number of thioether (sulfide) groups is 1. The molecule has 0 bridgehead atoms. The van der Waals surface area contributed by atoms with Crippen LogP contribution in [0.3, 0.4) is 0 Å². The Bertz CT molecular complexity index is 1180. The lowest BCUT2D eigenvalue weighted by atomic mass is 10.0. The number of rotatable bonds is 10. The molecule has 8 nitrogen and oxygen atoms in total. The Morgan fingerprint density at radius 1 is 1.11 bits per heavy atom. The van der Waals surface area contributed by atoms with E-state index in [1.807, 2.05) is 7.05 Å². The van der Waals surface area contributed by atoms with Gasteiger partial charge in [-0.05, 0) is 54.8 Å². The average Bonchev–Trinajstić information content (AvgIpc) is 3.17. The van der Waals surface area contributed by atoms with Crippen LogP contribution in [-0.4, -0.2) is 39.4 Å². The van der Waals surface area contributed by atoms with Gasteiger partial charge in [0.1, 0.15) is 5.75 Å². The molecule has 0 fully saturated rings. The van der Waals surface area contributed by atoms with E-state index in [0.29, 0.717) is 39.4 Å². The minimum Gasteiger partial charge on any atom is -0.497 e. The van der Waals surface area contributed by atoms with Gasteiger partial charge in [-0.3, -0.25) is 9.59 Å². The number of hydrogen-bond donors (Lipinski definition) is 2. The first-order valence-electron chi connectivity index (χ1n) is 10.9. The van der Waals surface area contributed by atoms with Gasteiger partial charge in [-0.15, -0.1) is 10.2 Å². The van der Waals surface area contributed by atoms with Gasteiger partial charge in [0.2, 0.25) is 5.91 Å². The van der Waals surface area contributed by atoms with Crippen LogP contribution in [0.1, 0.15) is 42.5 Å². The van der Waals surface area contributed by atoms with Gasteiger partial charge >= 0.3 is 0 Å². The Morgan fingerprint density at radius 3 is 2.46 bits per heavy atom. The standard InChI is InChI=1S/C24H27Cl2N5O3S/c1-14(2)11-20(28-23(33)18-10-5-15(25)12-19(18)26)22-29-30-24(31(22)3)35-13-21(32)27-16-6-8-17(34-4)9-7-16/h5-10,12,14,20H,11,13H2,1-4H3,(H,27,32)(H,28,33)/t20-/m0/s1. The molecule has 0 aliphatic heterocycles. The van der Waals surface area contributed by atoms with Gasteiger partial charge in [-0.1, -0.05) is 48.8 Å². The number of anilines is 1. The molecule has 0 aliphatic rings. The topological polar surface area (TPSA) is 98.1 Å². The van der Waals surface area contributed by atoms with Crippen molar-refractivity contribution in [3.8, 4) is 5.75 Å². The molecule has 2 aromatic carbocycles. The van der Waals surface area contributed by atoms with E-state index < -0.39 is 6.04 Å². The summed E-state index contributed by atoms with van der Waals surface area (Å²) in [5, 5.41) is 15.7. The maximum absolute atomic E-state index is 12.9. The molecule has 186 valence electrons. The Labute approximate surface area is 218 Å². The van der Waals surface area contributed by atoms with Crippen LogP contribution in [-0.2, 0) is 11.8 Å². The fourth-order valence-corrected chi connectivity index (χ4v) is 4.58. The highest BCUT2D eigenvalue weighted by molar-refractivity contribution is 7.99. The Kier molecular flexibility index (Phi) is 9.42. The van der Waals surface area contributed by atoms with E-state index in [9.17, 15) is 9.59 Å². The first-order valence-corrected chi connectivity index (χ1v) is 12.6. The molecule has 3 aromatic rings. The average molecular weight is 536 g/mol. The van der Waals surface area contributed by atoms with Gasteiger partial charge in [0, 0.05) is 17.8 Å². The smallest absolute Gasteiger partial charge is 0.253 e.